The lowest BCUT2D eigenvalue weighted by molar-refractivity contribution is -0.384. The van der Waals surface area contributed by atoms with Crippen molar-refractivity contribution in [3.8, 4) is 10.6 Å². The van der Waals surface area contributed by atoms with E-state index in [2.05, 4.69) is 20.3 Å². The zero-order chi connectivity index (χ0) is 19.6. The Bertz CT molecular complexity index is 1110. The van der Waals surface area contributed by atoms with Gasteiger partial charge in [-0.1, -0.05) is 6.07 Å². The fourth-order valence-corrected chi connectivity index (χ4v) is 4.26. The second kappa shape index (κ2) is 7.34. The predicted octanol–water partition coefficient (Wildman–Crippen LogP) is 2.35. The van der Waals surface area contributed by atoms with Crippen molar-refractivity contribution in [2.45, 2.75) is 12.7 Å². The van der Waals surface area contributed by atoms with Crippen molar-refractivity contribution < 1.29 is 13.3 Å². The van der Waals surface area contributed by atoms with Crippen LogP contribution in [-0.4, -0.2) is 28.3 Å². The summed E-state index contributed by atoms with van der Waals surface area (Å²) >= 11 is 1.18. The van der Waals surface area contributed by atoms with E-state index in [0.717, 1.165) is 0 Å². The number of sulfonamides is 1. The van der Waals surface area contributed by atoms with E-state index in [1.54, 1.807) is 25.1 Å². The number of nitrogens with two attached hydrogens (primary N) is 1. The maximum Gasteiger partial charge on any atom is 0.271 e. The number of hydrogen-bond acceptors (Lipinski definition) is 9. The van der Waals surface area contributed by atoms with Crippen LogP contribution < -0.4 is 10.5 Å². The van der Waals surface area contributed by atoms with Crippen LogP contribution in [-0.2, 0) is 15.8 Å². The van der Waals surface area contributed by atoms with E-state index in [0.29, 0.717) is 27.0 Å². The molecule has 2 heterocycles. The molecule has 3 aromatic rings. The molecular formula is C15H14N6O4S2. The normalized spacial score (nSPS) is 11.3. The fraction of sp³-hybridized carbons (Fsp3) is 0.133. The molecule has 0 bridgehead atoms. The second-order valence-electron chi connectivity index (χ2n) is 5.53. The number of aryl methyl sites for hydroxylation is 1. The summed E-state index contributed by atoms with van der Waals surface area (Å²) in [4.78, 5) is 23.8. The number of benzene rings is 1. The quantitative estimate of drug-likeness (QED) is 0.467. The van der Waals surface area contributed by atoms with Crippen LogP contribution >= 0.6 is 11.3 Å². The van der Waals surface area contributed by atoms with Crippen molar-refractivity contribution in [3.63, 3.8) is 0 Å². The molecule has 0 fully saturated rings. The van der Waals surface area contributed by atoms with E-state index in [1.165, 1.54) is 29.7 Å². The number of nitrogens with zero attached hydrogens (tertiary/aromatic N) is 4. The molecule has 0 unspecified atom stereocenters. The standard InChI is InChI=1S/C15H14N6O4S2/c1-9-14(26-13(18-9)8-27(16,24)25)12-5-6-17-15(20-12)19-10-3-2-4-11(7-10)21(22)23/h2-7H,8H2,1H3,(H2,16,24,25)(H,17,19,20). The molecule has 0 spiro atoms. The van der Waals surface area contributed by atoms with Gasteiger partial charge in [-0.2, -0.15) is 0 Å². The van der Waals surface area contributed by atoms with Gasteiger partial charge in [-0.25, -0.2) is 28.5 Å². The molecule has 0 aliphatic carbocycles. The van der Waals surface area contributed by atoms with Gasteiger partial charge in [0.25, 0.3) is 5.69 Å². The minimum Gasteiger partial charge on any atom is -0.324 e. The fourth-order valence-electron chi connectivity index (χ4n) is 2.30. The molecule has 27 heavy (non-hydrogen) atoms. The summed E-state index contributed by atoms with van der Waals surface area (Å²) in [7, 11) is -3.67. The number of nitro benzene ring substituents is 1. The summed E-state index contributed by atoms with van der Waals surface area (Å²) in [6.07, 6.45) is 1.53. The Kier molecular flexibility index (Phi) is 5.12. The van der Waals surface area contributed by atoms with Gasteiger partial charge in [0.1, 0.15) is 10.8 Å². The van der Waals surface area contributed by atoms with Gasteiger partial charge < -0.3 is 5.32 Å². The first-order chi connectivity index (χ1) is 12.7. The van der Waals surface area contributed by atoms with Crippen molar-refractivity contribution >= 4 is 38.7 Å². The molecule has 0 saturated carbocycles. The van der Waals surface area contributed by atoms with E-state index >= 15 is 0 Å². The summed E-state index contributed by atoms with van der Waals surface area (Å²) in [5.41, 5.74) is 1.59. The Labute approximate surface area is 158 Å². The highest BCUT2D eigenvalue weighted by Gasteiger charge is 2.15. The Balaban J connectivity index is 1.88. The largest absolute Gasteiger partial charge is 0.324 e. The Morgan fingerprint density at radius 1 is 1.30 bits per heavy atom. The Hall–Kier alpha value is -2.96. The van der Waals surface area contributed by atoms with Crippen molar-refractivity contribution in [1.82, 2.24) is 15.0 Å². The third kappa shape index (κ3) is 4.81. The van der Waals surface area contributed by atoms with Gasteiger partial charge in [0.15, 0.2) is 0 Å². The zero-order valence-corrected chi connectivity index (χ0v) is 15.6. The molecule has 0 atom stereocenters. The number of non-ortho nitro benzene ring substituents is 1. The molecule has 10 nitrogen and oxygen atoms in total. The van der Waals surface area contributed by atoms with Gasteiger partial charge in [-0.05, 0) is 19.1 Å². The van der Waals surface area contributed by atoms with Gasteiger partial charge in [0.05, 0.1) is 21.2 Å². The number of hydrogen-bond donors (Lipinski definition) is 2. The predicted molar refractivity (Wildman–Crippen MR) is 101 cm³/mol. The molecule has 0 aliphatic heterocycles. The highest BCUT2D eigenvalue weighted by atomic mass is 32.2. The highest BCUT2D eigenvalue weighted by molar-refractivity contribution is 7.88. The van der Waals surface area contributed by atoms with Crippen LogP contribution in [0.2, 0.25) is 0 Å². The van der Waals surface area contributed by atoms with Gasteiger partial charge >= 0.3 is 0 Å². The average molecular weight is 406 g/mol. The van der Waals surface area contributed by atoms with Gasteiger partial charge in [0, 0.05) is 24.0 Å². The summed E-state index contributed by atoms with van der Waals surface area (Å²) in [5.74, 6) is -0.101. The van der Waals surface area contributed by atoms with E-state index in [1.807, 2.05) is 0 Å². The van der Waals surface area contributed by atoms with E-state index < -0.39 is 14.9 Å². The average Bonchev–Trinajstić information content (AvgIpc) is 2.93. The second-order valence-corrected chi connectivity index (χ2v) is 8.23. The summed E-state index contributed by atoms with van der Waals surface area (Å²) < 4.78 is 22.5. The molecule has 0 saturated heterocycles. The number of aromatic nitrogens is 3. The Morgan fingerprint density at radius 3 is 2.78 bits per heavy atom. The van der Waals surface area contributed by atoms with Crippen molar-refractivity contribution in [2.24, 2.45) is 5.14 Å². The number of anilines is 2. The topological polar surface area (TPSA) is 154 Å². The molecular weight excluding hydrogens is 392 g/mol. The van der Waals surface area contributed by atoms with Gasteiger partial charge in [0.2, 0.25) is 16.0 Å². The number of nitro groups is 1. The highest BCUT2D eigenvalue weighted by Crippen LogP contribution is 2.30. The first-order valence-corrected chi connectivity index (χ1v) is 10.1. The van der Waals surface area contributed by atoms with Crippen LogP contribution in [0, 0.1) is 17.0 Å². The minimum atomic E-state index is -3.67. The first-order valence-electron chi connectivity index (χ1n) is 7.53. The Morgan fingerprint density at radius 2 is 2.07 bits per heavy atom. The van der Waals surface area contributed by atoms with Crippen LogP contribution in [0.4, 0.5) is 17.3 Å². The summed E-state index contributed by atoms with van der Waals surface area (Å²) in [6.45, 7) is 1.74. The van der Waals surface area contributed by atoms with Crippen LogP contribution in [0.3, 0.4) is 0 Å². The van der Waals surface area contributed by atoms with Crippen LogP contribution in [0.5, 0.6) is 0 Å². The smallest absolute Gasteiger partial charge is 0.271 e. The van der Waals surface area contributed by atoms with Crippen molar-refractivity contribution in [3.05, 3.63) is 57.3 Å². The molecule has 140 valence electrons. The summed E-state index contributed by atoms with van der Waals surface area (Å²) in [5, 5.41) is 19.2. The SMILES string of the molecule is Cc1nc(CS(N)(=O)=O)sc1-c1ccnc(Nc2cccc([N+](=O)[O-])c2)n1. The number of nitrogens with one attached hydrogen (secondary N) is 1. The number of primary sulfonamides is 1. The monoisotopic (exact) mass is 406 g/mol. The lowest BCUT2D eigenvalue weighted by atomic mass is 10.3. The molecule has 0 radical (unpaired) electrons. The molecule has 1 aromatic carbocycles. The van der Waals surface area contributed by atoms with Crippen LogP contribution in [0.1, 0.15) is 10.7 Å². The number of thiazole rings is 1. The first kappa shape index (κ1) is 18.8. The van der Waals surface area contributed by atoms with Gasteiger partial charge in [-0.15, -0.1) is 11.3 Å². The summed E-state index contributed by atoms with van der Waals surface area (Å²) in [6, 6.07) is 7.64. The minimum absolute atomic E-state index is 0.0536. The molecule has 12 heteroatoms. The third-order valence-corrected chi connectivity index (χ3v) is 5.41. The molecule has 0 aliphatic rings. The van der Waals surface area contributed by atoms with Crippen molar-refractivity contribution in [1.29, 1.82) is 0 Å². The van der Waals surface area contributed by atoms with E-state index in [9.17, 15) is 18.5 Å². The van der Waals surface area contributed by atoms with Crippen LogP contribution in [0.15, 0.2) is 36.5 Å². The maximum atomic E-state index is 11.3. The lowest BCUT2D eigenvalue weighted by Gasteiger charge is -2.06. The maximum absolute atomic E-state index is 11.3. The third-order valence-electron chi connectivity index (χ3n) is 3.37. The number of rotatable bonds is 6. The van der Waals surface area contributed by atoms with E-state index in [-0.39, 0.29) is 17.4 Å². The molecule has 0 amide bonds. The van der Waals surface area contributed by atoms with Crippen molar-refractivity contribution in [2.75, 3.05) is 5.32 Å². The lowest BCUT2D eigenvalue weighted by Crippen LogP contribution is -2.14. The zero-order valence-electron chi connectivity index (χ0n) is 14.0. The van der Waals surface area contributed by atoms with Crippen LogP contribution in [0.25, 0.3) is 10.6 Å². The molecule has 3 rings (SSSR count). The molecule has 3 N–H and O–H groups in total. The van der Waals surface area contributed by atoms with E-state index in [4.69, 9.17) is 5.14 Å². The van der Waals surface area contributed by atoms with Gasteiger partial charge in [-0.3, -0.25) is 10.1 Å². The molecule has 2 aromatic heterocycles.